The summed E-state index contributed by atoms with van der Waals surface area (Å²) >= 11 is 0. The number of carboxylic acid groups (broad SMARTS) is 1. The standard InChI is InChI=1S/C11H21N5O6/c12-6(2-1-5-16-11(14)15)9(19)21-22-10(20)7(13)3-4-8(17)18/h6-7H,1-5,12-13H2,(H,17,18)(H4,14,15,16)/t6?,7-/m1/s1. The van der Waals surface area contributed by atoms with Gasteiger partial charge in [-0.05, 0) is 19.3 Å². The highest BCUT2D eigenvalue weighted by Gasteiger charge is 2.22. The van der Waals surface area contributed by atoms with Gasteiger partial charge in [0.2, 0.25) is 0 Å². The van der Waals surface area contributed by atoms with Crippen LogP contribution in [0.4, 0.5) is 0 Å². The van der Waals surface area contributed by atoms with Gasteiger partial charge < -0.3 is 28.0 Å². The Balaban J connectivity index is 3.97. The van der Waals surface area contributed by atoms with Crippen molar-refractivity contribution in [1.82, 2.24) is 0 Å². The molecule has 9 N–H and O–H groups in total. The molecule has 0 aromatic carbocycles. The Morgan fingerprint density at radius 1 is 1.00 bits per heavy atom. The Morgan fingerprint density at radius 3 is 1.95 bits per heavy atom. The van der Waals surface area contributed by atoms with E-state index in [2.05, 4.69) is 14.8 Å². The van der Waals surface area contributed by atoms with Crippen molar-refractivity contribution < 1.29 is 29.3 Å². The Bertz CT molecular complexity index is 423. The predicted molar refractivity (Wildman–Crippen MR) is 74.9 cm³/mol. The van der Waals surface area contributed by atoms with E-state index in [1.54, 1.807) is 0 Å². The van der Waals surface area contributed by atoms with Crippen LogP contribution in [0.15, 0.2) is 4.99 Å². The summed E-state index contributed by atoms with van der Waals surface area (Å²) in [6.45, 7) is 0.295. The van der Waals surface area contributed by atoms with Crippen molar-refractivity contribution in [2.75, 3.05) is 6.54 Å². The second-order valence-electron chi connectivity index (χ2n) is 4.40. The zero-order valence-corrected chi connectivity index (χ0v) is 11.9. The van der Waals surface area contributed by atoms with Gasteiger partial charge in [-0.25, -0.2) is 19.4 Å². The molecule has 0 bridgehead atoms. The summed E-state index contributed by atoms with van der Waals surface area (Å²) in [4.78, 5) is 45.2. The predicted octanol–water partition coefficient (Wildman–Crippen LogP) is -2.44. The highest BCUT2D eigenvalue weighted by atomic mass is 17.2. The van der Waals surface area contributed by atoms with Crippen molar-refractivity contribution in [2.45, 2.75) is 37.8 Å². The molecule has 126 valence electrons. The van der Waals surface area contributed by atoms with E-state index in [-0.39, 0.29) is 25.2 Å². The topological polar surface area (TPSA) is 206 Å². The molecule has 11 heteroatoms. The first-order chi connectivity index (χ1) is 10.2. The molecule has 0 radical (unpaired) electrons. The van der Waals surface area contributed by atoms with Gasteiger partial charge in [0.1, 0.15) is 12.1 Å². The molecule has 0 amide bonds. The molecule has 0 spiro atoms. The summed E-state index contributed by atoms with van der Waals surface area (Å²) in [5.74, 6) is -3.19. The van der Waals surface area contributed by atoms with E-state index in [1.165, 1.54) is 0 Å². The van der Waals surface area contributed by atoms with Gasteiger partial charge in [0.25, 0.3) is 0 Å². The molecule has 0 aliphatic heterocycles. The third kappa shape index (κ3) is 9.50. The maximum atomic E-state index is 11.4. The van der Waals surface area contributed by atoms with E-state index in [0.717, 1.165) is 0 Å². The van der Waals surface area contributed by atoms with Crippen LogP contribution in [-0.2, 0) is 24.2 Å². The fraction of sp³-hybridized carbons (Fsp3) is 0.636. The Labute approximate surface area is 126 Å². The van der Waals surface area contributed by atoms with Crippen molar-refractivity contribution in [3.63, 3.8) is 0 Å². The molecule has 0 rings (SSSR count). The molecule has 11 nitrogen and oxygen atoms in total. The van der Waals surface area contributed by atoms with Crippen LogP contribution in [0.1, 0.15) is 25.7 Å². The number of hydrogen-bond acceptors (Lipinski definition) is 8. The molecule has 22 heavy (non-hydrogen) atoms. The zero-order chi connectivity index (χ0) is 17.1. The Hall–Kier alpha value is -2.40. The maximum absolute atomic E-state index is 11.4. The molecule has 0 saturated heterocycles. The number of aliphatic imine (C=N–C) groups is 1. The second kappa shape index (κ2) is 10.3. The van der Waals surface area contributed by atoms with Crippen LogP contribution in [0.3, 0.4) is 0 Å². The van der Waals surface area contributed by atoms with Gasteiger partial charge in [-0.3, -0.25) is 9.79 Å². The third-order valence-electron chi connectivity index (χ3n) is 2.45. The quantitative estimate of drug-likeness (QED) is 0.0996. The number of rotatable bonds is 9. The van der Waals surface area contributed by atoms with E-state index in [4.69, 9.17) is 28.0 Å². The van der Waals surface area contributed by atoms with Crippen LogP contribution in [0.5, 0.6) is 0 Å². The number of guanidine groups is 1. The summed E-state index contributed by atoms with van der Waals surface area (Å²) in [7, 11) is 0. The molecule has 1 unspecified atom stereocenters. The summed E-state index contributed by atoms with van der Waals surface area (Å²) in [6.07, 6.45) is 0.198. The molecular weight excluding hydrogens is 298 g/mol. The first-order valence-corrected chi connectivity index (χ1v) is 6.44. The lowest BCUT2D eigenvalue weighted by molar-refractivity contribution is -0.261. The molecule has 0 aromatic heterocycles. The summed E-state index contributed by atoms with van der Waals surface area (Å²) in [5.41, 5.74) is 21.1. The average Bonchev–Trinajstić information content (AvgIpc) is 2.45. The van der Waals surface area contributed by atoms with Gasteiger partial charge in [-0.2, -0.15) is 0 Å². The monoisotopic (exact) mass is 319 g/mol. The SMILES string of the molecule is NC(N)=NCCCC(N)C(=O)OOC(=O)[C@H](N)CCC(=O)O. The van der Waals surface area contributed by atoms with Crippen molar-refractivity contribution in [2.24, 2.45) is 27.9 Å². The number of nitrogens with zero attached hydrogens (tertiary/aromatic N) is 1. The van der Waals surface area contributed by atoms with Crippen molar-refractivity contribution >= 4 is 23.9 Å². The van der Waals surface area contributed by atoms with Gasteiger partial charge in [0, 0.05) is 13.0 Å². The van der Waals surface area contributed by atoms with E-state index in [1.807, 2.05) is 0 Å². The van der Waals surface area contributed by atoms with Crippen LogP contribution in [0, 0.1) is 0 Å². The van der Waals surface area contributed by atoms with Gasteiger partial charge in [0.05, 0.1) is 0 Å². The minimum Gasteiger partial charge on any atom is -0.481 e. The Morgan fingerprint density at radius 2 is 1.50 bits per heavy atom. The van der Waals surface area contributed by atoms with Gasteiger partial charge in [-0.15, -0.1) is 0 Å². The molecular formula is C11H21N5O6. The number of carbonyl (C=O) groups is 3. The first kappa shape index (κ1) is 19.6. The van der Waals surface area contributed by atoms with Crippen LogP contribution >= 0.6 is 0 Å². The van der Waals surface area contributed by atoms with E-state index < -0.39 is 30.0 Å². The van der Waals surface area contributed by atoms with Gasteiger partial charge in [-0.1, -0.05) is 0 Å². The fourth-order valence-corrected chi connectivity index (χ4v) is 1.24. The molecule has 0 fully saturated rings. The summed E-state index contributed by atoms with van der Waals surface area (Å²) in [6, 6.07) is -2.22. The number of carbonyl (C=O) groups excluding carboxylic acids is 2. The molecule has 0 heterocycles. The van der Waals surface area contributed by atoms with Crippen LogP contribution in [0.25, 0.3) is 0 Å². The van der Waals surface area contributed by atoms with E-state index in [9.17, 15) is 14.4 Å². The minimum absolute atomic E-state index is 0.0690. The average molecular weight is 319 g/mol. The van der Waals surface area contributed by atoms with E-state index >= 15 is 0 Å². The highest BCUT2D eigenvalue weighted by molar-refractivity contribution is 5.79. The molecule has 0 aromatic rings. The maximum Gasteiger partial charge on any atom is 0.372 e. The smallest absolute Gasteiger partial charge is 0.372 e. The van der Waals surface area contributed by atoms with Crippen molar-refractivity contribution in [3.8, 4) is 0 Å². The van der Waals surface area contributed by atoms with E-state index in [0.29, 0.717) is 13.0 Å². The number of hydrogen-bond donors (Lipinski definition) is 5. The lowest BCUT2D eigenvalue weighted by atomic mass is 10.2. The normalized spacial score (nSPS) is 12.8. The van der Waals surface area contributed by atoms with Gasteiger partial charge >= 0.3 is 17.9 Å². The second-order valence-corrected chi connectivity index (χ2v) is 4.40. The first-order valence-electron chi connectivity index (χ1n) is 6.44. The molecule has 0 aliphatic rings. The van der Waals surface area contributed by atoms with Crippen LogP contribution in [-0.4, -0.2) is 47.6 Å². The molecule has 0 saturated carbocycles. The van der Waals surface area contributed by atoms with Crippen molar-refractivity contribution in [1.29, 1.82) is 0 Å². The minimum atomic E-state index is -1.21. The molecule has 2 atom stereocenters. The number of carboxylic acids is 1. The molecule has 0 aliphatic carbocycles. The lowest BCUT2D eigenvalue weighted by Gasteiger charge is -2.11. The summed E-state index contributed by atoms with van der Waals surface area (Å²) < 4.78 is 0. The zero-order valence-electron chi connectivity index (χ0n) is 11.9. The van der Waals surface area contributed by atoms with Crippen LogP contribution < -0.4 is 22.9 Å². The largest absolute Gasteiger partial charge is 0.481 e. The number of nitrogens with two attached hydrogens (primary N) is 4. The lowest BCUT2D eigenvalue weighted by Crippen LogP contribution is -2.37. The Kier molecular flexibility index (Phi) is 9.22. The number of aliphatic carboxylic acids is 1. The van der Waals surface area contributed by atoms with Gasteiger partial charge in [0.15, 0.2) is 5.96 Å². The van der Waals surface area contributed by atoms with Crippen molar-refractivity contribution in [3.05, 3.63) is 0 Å². The third-order valence-corrected chi connectivity index (χ3v) is 2.45. The highest BCUT2D eigenvalue weighted by Crippen LogP contribution is 2.01. The van der Waals surface area contributed by atoms with Crippen LogP contribution in [0.2, 0.25) is 0 Å². The fourth-order valence-electron chi connectivity index (χ4n) is 1.24. The summed E-state index contributed by atoms with van der Waals surface area (Å²) in [5, 5.41) is 8.44.